The number of aromatic amines is 1. The molecule has 1 aliphatic rings. The second kappa shape index (κ2) is 8.85. The van der Waals surface area contributed by atoms with Gasteiger partial charge in [-0.05, 0) is 42.7 Å². The Morgan fingerprint density at radius 3 is 2.63 bits per heavy atom. The number of H-pyrrole nitrogens is 1. The van der Waals surface area contributed by atoms with Gasteiger partial charge in [0.25, 0.3) is 0 Å². The molecule has 0 bridgehead atoms. The summed E-state index contributed by atoms with van der Waals surface area (Å²) in [4.78, 5) is 22.2. The second-order valence-electron chi connectivity index (χ2n) is 7.84. The number of nitrogens with zero attached hydrogens (tertiary/aromatic N) is 2. The molecular weight excluding hydrogens is 380 g/mol. The van der Waals surface area contributed by atoms with E-state index in [1.54, 1.807) is 7.11 Å². The van der Waals surface area contributed by atoms with Gasteiger partial charge >= 0.3 is 0 Å². The fraction of sp³-hybridized carbons (Fsp3) is 0.391. The third kappa shape index (κ3) is 4.63. The topological polar surface area (TPSA) is 90.5 Å². The highest BCUT2D eigenvalue weighted by Gasteiger charge is 2.34. The number of fused-ring (bicyclic) bond motifs is 1. The highest BCUT2D eigenvalue weighted by Crippen LogP contribution is 2.33. The maximum absolute atomic E-state index is 12.3. The van der Waals surface area contributed by atoms with Crippen LogP contribution in [-0.4, -0.2) is 59.2 Å². The van der Waals surface area contributed by atoms with Crippen LogP contribution in [0.5, 0.6) is 5.75 Å². The van der Waals surface area contributed by atoms with Crippen LogP contribution in [-0.2, 0) is 16.8 Å². The summed E-state index contributed by atoms with van der Waals surface area (Å²) in [5.74, 6) is 1.65. The normalized spacial score (nSPS) is 16.5. The monoisotopic (exact) mass is 408 g/mol. The summed E-state index contributed by atoms with van der Waals surface area (Å²) in [5, 5.41) is 14.0. The smallest absolute Gasteiger partial charge is 0.234 e. The van der Waals surface area contributed by atoms with Crippen LogP contribution in [0, 0.1) is 0 Å². The van der Waals surface area contributed by atoms with Crippen LogP contribution in [0.4, 0.5) is 0 Å². The number of hydrogen-bond donors (Lipinski definition) is 3. The Hall–Kier alpha value is -2.90. The van der Waals surface area contributed by atoms with Crippen LogP contribution in [0.2, 0.25) is 0 Å². The number of piperidine rings is 1. The molecule has 3 aromatic rings. The predicted octanol–water partition coefficient (Wildman–Crippen LogP) is 2.21. The Morgan fingerprint density at radius 2 is 1.93 bits per heavy atom. The van der Waals surface area contributed by atoms with Gasteiger partial charge in [0.1, 0.15) is 11.6 Å². The summed E-state index contributed by atoms with van der Waals surface area (Å²) in [6.45, 7) is 2.25. The van der Waals surface area contributed by atoms with E-state index in [2.05, 4.69) is 20.2 Å². The molecule has 0 radical (unpaired) electrons. The van der Waals surface area contributed by atoms with Crippen molar-refractivity contribution in [3.63, 3.8) is 0 Å². The molecule has 7 nitrogen and oxygen atoms in total. The molecule has 0 atom stereocenters. The van der Waals surface area contributed by atoms with Crippen LogP contribution >= 0.6 is 0 Å². The summed E-state index contributed by atoms with van der Waals surface area (Å²) in [6.07, 6.45) is 1.87. The highest BCUT2D eigenvalue weighted by molar-refractivity contribution is 5.78. The Balaban J connectivity index is 1.22. The van der Waals surface area contributed by atoms with Gasteiger partial charge in [0.05, 0.1) is 30.3 Å². The first kappa shape index (κ1) is 20.4. The van der Waals surface area contributed by atoms with Gasteiger partial charge in [-0.15, -0.1) is 0 Å². The van der Waals surface area contributed by atoms with Gasteiger partial charge < -0.3 is 20.1 Å². The number of likely N-dealkylation sites (tertiary alicyclic amines) is 1. The van der Waals surface area contributed by atoms with Crippen molar-refractivity contribution in [3.8, 4) is 5.75 Å². The number of methoxy groups -OCH3 is 1. The van der Waals surface area contributed by atoms with Crippen LogP contribution in [0.1, 0.15) is 24.2 Å². The lowest BCUT2D eigenvalue weighted by Gasteiger charge is -2.38. The van der Waals surface area contributed by atoms with Crippen molar-refractivity contribution in [1.29, 1.82) is 0 Å². The molecule has 0 aliphatic carbocycles. The fourth-order valence-corrected chi connectivity index (χ4v) is 3.97. The number of amides is 1. The molecule has 0 spiro atoms. The lowest BCUT2D eigenvalue weighted by Crippen LogP contribution is -2.46. The number of imidazole rings is 1. The number of carbonyl (C=O) groups excluding carboxylic acids is 1. The van der Waals surface area contributed by atoms with Gasteiger partial charge in [-0.2, -0.15) is 0 Å². The largest absolute Gasteiger partial charge is 0.497 e. The molecule has 7 heteroatoms. The zero-order valence-electron chi connectivity index (χ0n) is 17.2. The van der Waals surface area contributed by atoms with Crippen LogP contribution < -0.4 is 10.1 Å². The summed E-state index contributed by atoms with van der Waals surface area (Å²) in [6, 6.07) is 15.5. The first-order chi connectivity index (χ1) is 14.6. The van der Waals surface area contributed by atoms with Gasteiger partial charge in [0, 0.05) is 26.1 Å². The first-order valence-electron chi connectivity index (χ1n) is 10.4. The van der Waals surface area contributed by atoms with Crippen molar-refractivity contribution in [3.05, 3.63) is 59.9 Å². The first-order valence-corrected chi connectivity index (χ1v) is 10.4. The molecule has 1 aromatic heterocycles. The molecule has 1 saturated heterocycles. The van der Waals surface area contributed by atoms with Crippen molar-refractivity contribution < 1.29 is 14.6 Å². The van der Waals surface area contributed by atoms with Crippen LogP contribution in [0.3, 0.4) is 0 Å². The van der Waals surface area contributed by atoms with Crippen molar-refractivity contribution in [2.75, 3.05) is 33.3 Å². The number of benzene rings is 2. The summed E-state index contributed by atoms with van der Waals surface area (Å²) in [7, 11) is 1.63. The van der Waals surface area contributed by atoms with E-state index in [0.29, 0.717) is 45.4 Å². The Labute approximate surface area is 176 Å². The quantitative estimate of drug-likeness (QED) is 0.558. The number of nitrogens with one attached hydrogen (secondary N) is 2. The van der Waals surface area contributed by atoms with Gasteiger partial charge in [0.15, 0.2) is 0 Å². The molecule has 0 saturated carbocycles. The predicted molar refractivity (Wildman–Crippen MR) is 115 cm³/mol. The van der Waals surface area contributed by atoms with Gasteiger partial charge in [-0.1, -0.05) is 24.3 Å². The van der Waals surface area contributed by atoms with E-state index >= 15 is 0 Å². The Morgan fingerprint density at radius 1 is 1.20 bits per heavy atom. The van der Waals surface area contributed by atoms with Gasteiger partial charge in [0.2, 0.25) is 5.91 Å². The lowest BCUT2D eigenvalue weighted by molar-refractivity contribution is -0.123. The maximum Gasteiger partial charge on any atom is 0.234 e. The lowest BCUT2D eigenvalue weighted by atomic mass is 9.84. The fourth-order valence-electron chi connectivity index (χ4n) is 3.97. The molecule has 4 rings (SSSR count). The van der Waals surface area contributed by atoms with Crippen molar-refractivity contribution >= 4 is 16.9 Å². The molecule has 1 fully saturated rings. The van der Waals surface area contributed by atoms with E-state index in [4.69, 9.17) is 4.74 Å². The molecule has 2 heterocycles. The van der Waals surface area contributed by atoms with Crippen molar-refractivity contribution in [2.45, 2.75) is 24.9 Å². The van der Waals surface area contributed by atoms with Crippen molar-refractivity contribution in [1.82, 2.24) is 20.2 Å². The summed E-state index contributed by atoms with van der Waals surface area (Å²) in [5.41, 5.74) is 2.01. The zero-order valence-corrected chi connectivity index (χ0v) is 17.2. The van der Waals surface area contributed by atoms with Crippen LogP contribution in [0.15, 0.2) is 48.5 Å². The minimum absolute atomic E-state index is 0.000924. The number of ether oxygens (including phenoxy) is 1. The number of aliphatic hydroxyl groups is 1. The number of hydrogen-bond acceptors (Lipinski definition) is 5. The summed E-state index contributed by atoms with van der Waals surface area (Å²) < 4.78 is 5.19. The molecule has 3 N–H and O–H groups in total. The average molecular weight is 409 g/mol. The number of para-hydroxylation sites is 2. The number of aromatic nitrogens is 2. The molecule has 158 valence electrons. The van der Waals surface area contributed by atoms with E-state index in [-0.39, 0.29) is 5.91 Å². The van der Waals surface area contributed by atoms with Gasteiger partial charge in [-0.3, -0.25) is 9.69 Å². The zero-order chi connectivity index (χ0) is 21.0. The minimum atomic E-state index is -0.847. The Kier molecular flexibility index (Phi) is 6.01. The van der Waals surface area contributed by atoms with E-state index in [9.17, 15) is 9.90 Å². The van der Waals surface area contributed by atoms with E-state index < -0.39 is 5.60 Å². The maximum atomic E-state index is 12.3. The standard InChI is InChI=1S/C23H28N4O3/c1-30-18-8-6-17(7-9-18)23(29)11-14-27(15-12-23)16-22(28)24-13-10-21-25-19-4-2-3-5-20(19)26-21/h2-9,29H,10-16H2,1H3,(H,24,28)(H,25,26). The molecule has 0 unspecified atom stereocenters. The third-order valence-electron chi connectivity index (χ3n) is 5.80. The Bertz CT molecular complexity index is 958. The molecular formula is C23H28N4O3. The minimum Gasteiger partial charge on any atom is -0.497 e. The van der Waals surface area contributed by atoms with Gasteiger partial charge in [-0.25, -0.2) is 4.98 Å². The number of carbonyl (C=O) groups is 1. The third-order valence-corrected chi connectivity index (χ3v) is 5.80. The molecule has 1 amide bonds. The SMILES string of the molecule is COc1ccc(C2(O)CCN(CC(=O)NCCc3nc4ccccc4[nH]3)CC2)cc1. The molecule has 1 aliphatic heterocycles. The summed E-state index contributed by atoms with van der Waals surface area (Å²) >= 11 is 0. The highest BCUT2D eigenvalue weighted by atomic mass is 16.5. The second-order valence-corrected chi connectivity index (χ2v) is 7.84. The van der Waals surface area contributed by atoms with E-state index in [0.717, 1.165) is 28.2 Å². The average Bonchev–Trinajstić information content (AvgIpc) is 3.18. The van der Waals surface area contributed by atoms with Crippen molar-refractivity contribution in [2.24, 2.45) is 0 Å². The molecule has 2 aromatic carbocycles. The number of rotatable bonds is 7. The van der Waals surface area contributed by atoms with E-state index in [1.807, 2.05) is 48.5 Å². The van der Waals surface area contributed by atoms with E-state index in [1.165, 1.54) is 0 Å². The molecule has 30 heavy (non-hydrogen) atoms. The van der Waals surface area contributed by atoms with Crippen LogP contribution in [0.25, 0.3) is 11.0 Å².